The summed E-state index contributed by atoms with van der Waals surface area (Å²) in [4.78, 5) is 0. The highest BCUT2D eigenvalue weighted by Gasteiger charge is 2.41. The Labute approximate surface area is 110 Å². The minimum Gasteiger partial charge on any atom is -0.508 e. The van der Waals surface area contributed by atoms with Crippen molar-refractivity contribution in [3.05, 3.63) is 29.3 Å². The van der Waals surface area contributed by atoms with E-state index in [1.807, 2.05) is 6.07 Å². The first-order valence-corrected chi connectivity index (χ1v) is 6.81. The normalized spacial score (nSPS) is 25.9. The van der Waals surface area contributed by atoms with Crippen LogP contribution in [0.2, 0.25) is 0 Å². The van der Waals surface area contributed by atoms with Crippen molar-refractivity contribution in [1.82, 2.24) is 5.32 Å². The number of hydrogen-bond acceptors (Lipinski definition) is 2. The van der Waals surface area contributed by atoms with Crippen LogP contribution < -0.4 is 5.32 Å². The highest BCUT2D eigenvalue weighted by atomic mass is 16.3. The molecule has 2 rings (SSSR count). The monoisotopic (exact) mass is 247 g/mol. The molecule has 1 aromatic carbocycles. The standard InChI is InChI=1S/C16H25NO/c1-11-7-6-8-13(18)14(11)12-9-10-15(2,3)17-16(12,4)5/h6-8,12,17-18H,9-10H2,1-5H3. The van der Waals surface area contributed by atoms with Crippen LogP contribution in [-0.2, 0) is 0 Å². The van der Waals surface area contributed by atoms with Crippen LogP contribution in [0.5, 0.6) is 5.75 Å². The van der Waals surface area contributed by atoms with E-state index in [-0.39, 0.29) is 11.1 Å². The fraction of sp³-hybridized carbons (Fsp3) is 0.625. The molecule has 0 aromatic heterocycles. The number of piperidine rings is 1. The van der Waals surface area contributed by atoms with Crippen LogP contribution in [0, 0.1) is 6.92 Å². The Hall–Kier alpha value is -1.02. The lowest BCUT2D eigenvalue weighted by molar-refractivity contribution is 0.152. The lowest BCUT2D eigenvalue weighted by Crippen LogP contribution is -2.58. The van der Waals surface area contributed by atoms with Crippen molar-refractivity contribution in [2.45, 2.75) is 64.5 Å². The Bertz CT molecular complexity index is 428. The van der Waals surface area contributed by atoms with E-state index in [1.165, 1.54) is 5.56 Å². The molecule has 0 spiro atoms. The molecule has 18 heavy (non-hydrogen) atoms. The Morgan fingerprint density at radius 2 is 1.89 bits per heavy atom. The Morgan fingerprint density at radius 1 is 1.22 bits per heavy atom. The van der Waals surface area contributed by atoms with Gasteiger partial charge in [0.1, 0.15) is 5.75 Å². The zero-order valence-corrected chi connectivity index (χ0v) is 12.2. The summed E-state index contributed by atoms with van der Waals surface area (Å²) >= 11 is 0. The molecule has 2 heteroatoms. The largest absolute Gasteiger partial charge is 0.508 e. The molecule has 1 unspecified atom stereocenters. The molecule has 1 atom stereocenters. The maximum Gasteiger partial charge on any atom is 0.119 e. The number of nitrogens with one attached hydrogen (secondary N) is 1. The molecular weight excluding hydrogens is 222 g/mol. The molecule has 0 aliphatic carbocycles. The third kappa shape index (κ3) is 2.39. The van der Waals surface area contributed by atoms with Crippen molar-refractivity contribution < 1.29 is 5.11 Å². The van der Waals surface area contributed by atoms with E-state index in [9.17, 15) is 5.11 Å². The van der Waals surface area contributed by atoms with Gasteiger partial charge in [-0.25, -0.2) is 0 Å². The maximum absolute atomic E-state index is 10.2. The van der Waals surface area contributed by atoms with Crippen molar-refractivity contribution in [2.75, 3.05) is 0 Å². The molecule has 0 saturated carbocycles. The fourth-order valence-corrected chi connectivity index (χ4v) is 3.51. The quantitative estimate of drug-likeness (QED) is 0.792. The van der Waals surface area contributed by atoms with E-state index >= 15 is 0 Å². The van der Waals surface area contributed by atoms with Gasteiger partial charge in [-0.15, -0.1) is 0 Å². The maximum atomic E-state index is 10.2. The van der Waals surface area contributed by atoms with E-state index in [4.69, 9.17) is 0 Å². The molecule has 1 aliphatic rings. The van der Waals surface area contributed by atoms with Crippen LogP contribution >= 0.6 is 0 Å². The number of phenols is 1. The van der Waals surface area contributed by atoms with E-state index in [0.29, 0.717) is 11.7 Å². The van der Waals surface area contributed by atoms with E-state index in [1.54, 1.807) is 6.07 Å². The van der Waals surface area contributed by atoms with Gasteiger partial charge in [-0.05, 0) is 59.1 Å². The second-order valence-corrected chi connectivity index (χ2v) is 6.83. The number of aromatic hydroxyl groups is 1. The second kappa shape index (κ2) is 4.27. The van der Waals surface area contributed by atoms with Crippen molar-refractivity contribution in [2.24, 2.45) is 0 Å². The average molecular weight is 247 g/mol. The van der Waals surface area contributed by atoms with Gasteiger partial charge in [0.05, 0.1) is 0 Å². The molecule has 0 radical (unpaired) electrons. The third-order valence-corrected chi connectivity index (χ3v) is 4.24. The van der Waals surface area contributed by atoms with Crippen LogP contribution in [0.1, 0.15) is 57.6 Å². The second-order valence-electron chi connectivity index (χ2n) is 6.83. The van der Waals surface area contributed by atoms with Gasteiger partial charge in [0.25, 0.3) is 0 Å². The summed E-state index contributed by atoms with van der Waals surface area (Å²) in [6, 6.07) is 5.81. The highest BCUT2D eigenvalue weighted by molar-refractivity contribution is 5.43. The molecule has 100 valence electrons. The Balaban J connectivity index is 2.40. The summed E-state index contributed by atoms with van der Waals surface area (Å²) < 4.78 is 0. The molecule has 0 bridgehead atoms. The molecule has 1 aromatic rings. The van der Waals surface area contributed by atoms with Gasteiger partial charge in [-0.1, -0.05) is 12.1 Å². The zero-order chi connectivity index (χ0) is 13.6. The SMILES string of the molecule is Cc1cccc(O)c1C1CCC(C)(C)NC1(C)C. The summed E-state index contributed by atoms with van der Waals surface area (Å²) in [5, 5.41) is 13.9. The zero-order valence-electron chi connectivity index (χ0n) is 12.2. The van der Waals surface area contributed by atoms with E-state index in [2.05, 4.69) is 46.0 Å². The topological polar surface area (TPSA) is 32.3 Å². The first kappa shape index (κ1) is 13.4. The Kier molecular flexibility index (Phi) is 3.18. The summed E-state index contributed by atoms with van der Waals surface area (Å²) in [5.74, 6) is 0.807. The van der Waals surface area contributed by atoms with Crippen LogP contribution in [0.4, 0.5) is 0 Å². The number of hydrogen-bond donors (Lipinski definition) is 2. The fourth-order valence-electron chi connectivity index (χ4n) is 3.51. The molecule has 1 saturated heterocycles. The van der Waals surface area contributed by atoms with Gasteiger partial charge in [-0.2, -0.15) is 0 Å². The van der Waals surface area contributed by atoms with Crippen LogP contribution in [-0.4, -0.2) is 16.2 Å². The molecule has 1 aliphatic heterocycles. The summed E-state index contributed by atoms with van der Waals surface area (Å²) in [6.07, 6.45) is 2.25. The summed E-state index contributed by atoms with van der Waals surface area (Å²) in [5.41, 5.74) is 2.49. The van der Waals surface area contributed by atoms with Crippen molar-refractivity contribution in [3.63, 3.8) is 0 Å². The number of phenolic OH excluding ortho intramolecular Hbond substituents is 1. The average Bonchev–Trinajstić information content (AvgIpc) is 2.18. The molecule has 0 amide bonds. The lowest BCUT2D eigenvalue weighted by atomic mass is 9.70. The third-order valence-electron chi connectivity index (χ3n) is 4.24. The molecule has 1 fully saturated rings. The van der Waals surface area contributed by atoms with Crippen LogP contribution in [0.3, 0.4) is 0 Å². The predicted octanol–water partition coefficient (Wildman–Crippen LogP) is 3.72. The lowest BCUT2D eigenvalue weighted by Gasteiger charge is -2.48. The van der Waals surface area contributed by atoms with Gasteiger partial charge in [0, 0.05) is 22.6 Å². The summed E-state index contributed by atoms with van der Waals surface area (Å²) in [7, 11) is 0. The van der Waals surface area contributed by atoms with E-state index < -0.39 is 0 Å². The van der Waals surface area contributed by atoms with Gasteiger partial charge in [0.15, 0.2) is 0 Å². The van der Waals surface area contributed by atoms with Crippen molar-refractivity contribution in [1.29, 1.82) is 0 Å². The molecule has 2 N–H and O–H groups in total. The number of benzene rings is 1. The van der Waals surface area contributed by atoms with Gasteiger partial charge in [0.2, 0.25) is 0 Å². The molecular formula is C16H25NO. The highest BCUT2D eigenvalue weighted by Crippen LogP contribution is 2.44. The van der Waals surface area contributed by atoms with E-state index in [0.717, 1.165) is 18.4 Å². The van der Waals surface area contributed by atoms with Crippen LogP contribution in [0.25, 0.3) is 0 Å². The van der Waals surface area contributed by atoms with Crippen LogP contribution in [0.15, 0.2) is 18.2 Å². The number of rotatable bonds is 1. The summed E-state index contributed by atoms with van der Waals surface area (Å²) in [6.45, 7) is 11.1. The van der Waals surface area contributed by atoms with Crippen molar-refractivity contribution in [3.8, 4) is 5.75 Å². The van der Waals surface area contributed by atoms with Gasteiger partial charge >= 0.3 is 0 Å². The smallest absolute Gasteiger partial charge is 0.119 e. The minimum absolute atomic E-state index is 0.00530. The van der Waals surface area contributed by atoms with Gasteiger partial charge < -0.3 is 10.4 Å². The first-order valence-electron chi connectivity index (χ1n) is 6.81. The molecule has 2 nitrogen and oxygen atoms in total. The Morgan fingerprint density at radius 3 is 2.44 bits per heavy atom. The van der Waals surface area contributed by atoms with Crippen molar-refractivity contribution >= 4 is 0 Å². The number of aryl methyl sites for hydroxylation is 1. The first-order chi connectivity index (χ1) is 8.23. The minimum atomic E-state index is 0.00530. The predicted molar refractivity (Wildman–Crippen MR) is 76.1 cm³/mol. The van der Waals surface area contributed by atoms with Gasteiger partial charge in [-0.3, -0.25) is 0 Å². The molecule has 1 heterocycles.